The van der Waals surface area contributed by atoms with Crippen molar-refractivity contribution in [1.82, 2.24) is 10.9 Å². The van der Waals surface area contributed by atoms with E-state index in [-0.39, 0.29) is 30.1 Å². The largest absolute Gasteiger partial charge is 0.312 e. The summed E-state index contributed by atoms with van der Waals surface area (Å²) >= 11 is 3.43. The number of anilines is 1. The van der Waals surface area contributed by atoms with Crippen molar-refractivity contribution in [2.45, 2.75) is 33.6 Å². The van der Waals surface area contributed by atoms with Crippen LogP contribution in [0, 0.1) is 18.8 Å². The second-order valence-corrected chi connectivity index (χ2v) is 7.33. The van der Waals surface area contributed by atoms with Crippen molar-refractivity contribution in [3.8, 4) is 0 Å². The monoisotopic (exact) mass is 395 g/mol. The molecule has 2 rings (SSSR count). The number of halogens is 1. The first kappa shape index (κ1) is 18.4. The molecule has 0 aromatic heterocycles. The SMILES string of the molecule is Cc1cc(N2CC(C(=O)NNC(=O)CC(C)C)CC2=O)ccc1Br. The molecule has 1 fully saturated rings. The number of rotatable bonds is 4. The normalized spacial score (nSPS) is 17.3. The molecule has 1 aromatic carbocycles. The van der Waals surface area contributed by atoms with Crippen molar-refractivity contribution in [2.75, 3.05) is 11.4 Å². The van der Waals surface area contributed by atoms with Gasteiger partial charge in [-0.05, 0) is 36.6 Å². The van der Waals surface area contributed by atoms with Crippen LogP contribution in [0.2, 0.25) is 0 Å². The van der Waals surface area contributed by atoms with Crippen LogP contribution in [-0.2, 0) is 14.4 Å². The predicted octanol–water partition coefficient (Wildman–Crippen LogP) is 2.30. The first-order valence-corrected chi connectivity index (χ1v) is 8.72. The Balaban J connectivity index is 1.95. The third-order valence-electron chi connectivity index (χ3n) is 3.87. The van der Waals surface area contributed by atoms with E-state index in [9.17, 15) is 14.4 Å². The molecule has 1 heterocycles. The Morgan fingerprint density at radius 3 is 2.67 bits per heavy atom. The van der Waals surface area contributed by atoms with E-state index in [4.69, 9.17) is 0 Å². The summed E-state index contributed by atoms with van der Waals surface area (Å²) < 4.78 is 0.972. The maximum absolute atomic E-state index is 12.2. The molecule has 0 saturated carbocycles. The first-order chi connectivity index (χ1) is 11.3. The van der Waals surface area contributed by atoms with Crippen molar-refractivity contribution < 1.29 is 14.4 Å². The molecule has 24 heavy (non-hydrogen) atoms. The van der Waals surface area contributed by atoms with E-state index in [0.29, 0.717) is 13.0 Å². The number of benzene rings is 1. The van der Waals surface area contributed by atoms with E-state index in [1.165, 1.54) is 0 Å². The number of amides is 3. The van der Waals surface area contributed by atoms with Crippen LogP contribution < -0.4 is 15.8 Å². The number of nitrogens with zero attached hydrogens (tertiary/aromatic N) is 1. The third kappa shape index (κ3) is 4.56. The molecule has 130 valence electrons. The summed E-state index contributed by atoms with van der Waals surface area (Å²) in [5.74, 6) is -0.919. The van der Waals surface area contributed by atoms with Gasteiger partial charge in [-0.3, -0.25) is 25.2 Å². The molecule has 1 saturated heterocycles. The number of hydrazine groups is 1. The van der Waals surface area contributed by atoms with Gasteiger partial charge < -0.3 is 4.90 Å². The van der Waals surface area contributed by atoms with Gasteiger partial charge in [0.25, 0.3) is 0 Å². The number of carbonyl (C=O) groups is 3. The highest BCUT2D eigenvalue weighted by molar-refractivity contribution is 9.10. The fourth-order valence-electron chi connectivity index (χ4n) is 2.58. The number of aryl methyl sites for hydroxylation is 1. The Morgan fingerprint density at radius 1 is 1.33 bits per heavy atom. The summed E-state index contributed by atoms with van der Waals surface area (Å²) in [7, 11) is 0. The maximum atomic E-state index is 12.2. The van der Waals surface area contributed by atoms with Gasteiger partial charge in [0.05, 0.1) is 5.92 Å². The number of hydrogen-bond donors (Lipinski definition) is 2. The Bertz CT molecular complexity index is 660. The predicted molar refractivity (Wildman–Crippen MR) is 95.1 cm³/mol. The van der Waals surface area contributed by atoms with Crippen LogP contribution in [-0.4, -0.2) is 24.3 Å². The topological polar surface area (TPSA) is 78.5 Å². The van der Waals surface area contributed by atoms with E-state index < -0.39 is 5.92 Å². The average molecular weight is 396 g/mol. The highest BCUT2D eigenvalue weighted by Crippen LogP contribution is 2.28. The maximum Gasteiger partial charge on any atom is 0.243 e. The van der Waals surface area contributed by atoms with Crippen molar-refractivity contribution in [3.63, 3.8) is 0 Å². The molecule has 6 nitrogen and oxygen atoms in total. The van der Waals surface area contributed by atoms with Crippen LogP contribution in [0.15, 0.2) is 22.7 Å². The molecule has 0 spiro atoms. The number of hydrogen-bond acceptors (Lipinski definition) is 3. The van der Waals surface area contributed by atoms with Gasteiger partial charge in [-0.2, -0.15) is 0 Å². The lowest BCUT2D eigenvalue weighted by molar-refractivity contribution is -0.131. The van der Waals surface area contributed by atoms with E-state index in [1.807, 2.05) is 39.0 Å². The molecule has 1 unspecified atom stereocenters. The lowest BCUT2D eigenvalue weighted by Gasteiger charge is -2.18. The molecular formula is C17H22BrN3O3. The zero-order valence-corrected chi connectivity index (χ0v) is 15.6. The molecule has 0 aliphatic carbocycles. The highest BCUT2D eigenvalue weighted by atomic mass is 79.9. The fourth-order valence-corrected chi connectivity index (χ4v) is 2.83. The van der Waals surface area contributed by atoms with Gasteiger partial charge in [0.1, 0.15) is 0 Å². The lowest BCUT2D eigenvalue weighted by atomic mass is 10.1. The van der Waals surface area contributed by atoms with Crippen LogP contribution in [0.25, 0.3) is 0 Å². The van der Waals surface area contributed by atoms with Crippen molar-refractivity contribution in [2.24, 2.45) is 11.8 Å². The van der Waals surface area contributed by atoms with Gasteiger partial charge in [0, 0.05) is 29.5 Å². The Kier molecular flexibility index (Phi) is 5.99. The van der Waals surface area contributed by atoms with Crippen LogP contribution in [0.3, 0.4) is 0 Å². The zero-order chi connectivity index (χ0) is 17.9. The summed E-state index contributed by atoms with van der Waals surface area (Å²) in [6.45, 7) is 6.11. The smallest absolute Gasteiger partial charge is 0.243 e. The number of carbonyl (C=O) groups excluding carboxylic acids is 3. The summed E-state index contributed by atoms with van der Waals surface area (Å²) in [5.41, 5.74) is 6.62. The van der Waals surface area contributed by atoms with E-state index >= 15 is 0 Å². The highest BCUT2D eigenvalue weighted by Gasteiger charge is 2.35. The molecule has 1 aliphatic heterocycles. The summed E-state index contributed by atoms with van der Waals surface area (Å²) in [6, 6.07) is 5.64. The second kappa shape index (κ2) is 7.79. The average Bonchev–Trinajstić information content (AvgIpc) is 2.89. The van der Waals surface area contributed by atoms with Gasteiger partial charge in [-0.25, -0.2) is 0 Å². The van der Waals surface area contributed by atoms with Crippen molar-refractivity contribution in [1.29, 1.82) is 0 Å². The van der Waals surface area contributed by atoms with Crippen LogP contribution in [0.1, 0.15) is 32.3 Å². The van der Waals surface area contributed by atoms with Crippen LogP contribution >= 0.6 is 15.9 Å². The summed E-state index contributed by atoms with van der Waals surface area (Å²) in [6.07, 6.45) is 0.481. The van der Waals surface area contributed by atoms with Crippen molar-refractivity contribution in [3.05, 3.63) is 28.2 Å². The quantitative estimate of drug-likeness (QED) is 0.767. The van der Waals surface area contributed by atoms with E-state index in [2.05, 4.69) is 26.8 Å². The summed E-state index contributed by atoms with van der Waals surface area (Å²) in [5, 5.41) is 0. The van der Waals surface area contributed by atoms with Gasteiger partial charge in [0.15, 0.2) is 0 Å². The minimum Gasteiger partial charge on any atom is -0.312 e. The Labute approximate surface area is 150 Å². The van der Waals surface area contributed by atoms with Gasteiger partial charge in [-0.15, -0.1) is 0 Å². The molecular weight excluding hydrogens is 374 g/mol. The molecule has 0 bridgehead atoms. The molecule has 2 N–H and O–H groups in total. The fraction of sp³-hybridized carbons (Fsp3) is 0.471. The Hall–Kier alpha value is -1.89. The van der Waals surface area contributed by atoms with Crippen LogP contribution in [0.5, 0.6) is 0 Å². The van der Waals surface area contributed by atoms with E-state index in [1.54, 1.807) is 4.90 Å². The summed E-state index contributed by atoms with van der Waals surface area (Å²) in [4.78, 5) is 37.6. The van der Waals surface area contributed by atoms with Gasteiger partial charge >= 0.3 is 0 Å². The molecule has 0 radical (unpaired) electrons. The minimum absolute atomic E-state index is 0.0922. The third-order valence-corrected chi connectivity index (χ3v) is 4.76. The first-order valence-electron chi connectivity index (χ1n) is 7.93. The molecule has 3 amide bonds. The van der Waals surface area contributed by atoms with Gasteiger partial charge in [0.2, 0.25) is 17.7 Å². The lowest BCUT2D eigenvalue weighted by Crippen LogP contribution is -2.45. The van der Waals surface area contributed by atoms with Gasteiger partial charge in [-0.1, -0.05) is 29.8 Å². The molecule has 1 atom stereocenters. The standard InChI is InChI=1S/C17H22BrN3O3/c1-10(2)6-15(22)19-20-17(24)12-8-16(23)21(9-12)13-4-5-14(18)11(3)7-13/h4-5,7,10,12H,6,8-9H2,1-3H3,(H,19,22)(H,20,24). The molecule has 1 aliphatic rings. The van der Waals surface area contributed by atoms with Crippen LogP contribution in [0.4, 0.5) is 5.69 Å². The Morgan fingerprint density at radius 2 is 2.04 bits per heavy atom. The number of nitrogens with one attached hydrogen (secondary N) is 2. The second-order valence-electron chi connectivity index (χ2n) is 6.47. The minimum atomic E-state index is -0.471. The van der Waals surface area contributed by atoms with E-state index in [0.717, 1.165) is 15.7 Å². The zero-order valence-electron chi connectivity index (χ0n) is 14.1. The molecule has 7 heteroatoms. The van der Waals surface area contributed by atoms with Crippen molar-refractivity contribution >= 4 is 39.3 Å². The molecule has 1 aromatic rings.